The van der Waals surface area contributed by atoms with Crippen molar-refractivity contribution in [3.05, 3.63) is 101 Å². The van der Waals surface area contributed by atoms with Gasteiger partial charge in [-0.1, -0.05) is 42.5 Å². The summed E-state index contributed by atoms with van der Waals surface area (Å²) in [6.45, 7) is 2.43. The Morgan fingerprint density at radius 1 is 0.939 bits per heavy atom. The van der Waals surface area contributed by atoms with Gasteiger partial charge in [0.05, 0.1) is 16.5 Å². The van der Waals surface area contributed by atoms with Gasteiger partial charge in [0.2, 0.25) is 5.78 Å². The average molecular weight is 439 g/mol. The lowest BCUT2D eigenvalue weighted by Crippen LogP contribution is -2.22. The normalized spacial score (nSPS) is 11.1. The highest BCUT2D eigenvalue weighted by Crippen LogP contribution is 2.22. The molecule has 2 aromatic heterocycles. The number of aryl methyl sites for hydroxylation is 1. The van der Waals surface area contributed by atoms with E-state index in [9.17, 15) is 9.59 Å². The summed E-state index contributed by atoms with van der Waals surface area (Å²) in [6, 6.07) is 23.6. The minimum absolute atomic E-state index is 0.0721. The molecule has 0 fully saturated rings. The van der Waals surface area contributed by atoms with Gasteiger partial charge in [0.1, 0.15) is 12.4 Å². The molecule has 0 unspecified atom stereocenters. The highest BCUT2D eigenvalue weighted by molar-refractivity contribution is 6.06. The van der Waals surface area contributed by atoms with Crippen molar-refractivity contribution in [1.82, 2.24) is 19.2 Å². The predicted octanol–water partition coefficient (Wildman–Crippen LogP) is 3.90. The monoisotopic (exact) mass is 439 g/mol. The molecule has 5 aromatic rings. The van der Waals surface area contributed by atoms with E-state index in [2.05, 4.69) is 15.5 Å². The molecule has 0 spiro atoms. The van der Waals surface area contributed by atoms with E-state index < -0.39 is 0 Å². The number of rotatable bonds is 6. The molecule has 8 heteroatoms. The Bertz CT molecular complexity index is 1520. The third kappa shape index (κ3) is 3.71. The number of hydrogen-bond donors (Lipinski definition) is 1. The quantitative estimate of drug-likeness (QED) is 0.433. The van der Waals surface area contributed by atoms with Crippen LogP contribution in [0.25, 0.3) is 16.7 Å². The van der Waals surface area contributed by atoms with Crippen LogP contribution in [0.15, 0.2) is 83.7 Å². The highest BCUT2D eigenvalue weighted by Gasteiger charge is 2.17. The molecule has 33 heavy (non-hydrogen) atoms. The number of nitrogens with zero attached hydrogens (tertiary/aromatic N) is 4. The molecule has 1 N–H and O–H groups in total. The summed E-state index contributed by atoms with van der Waals surface area (Å²) in [5.74, 6) is 1.14. The number of carbonyl (C=O) groups is 1. The van der Waals surface area contributed by atoms with Crippen LogP contribution in [0.5, 0.6) is 5.75 Å². The molecular weight excluding hydrogens is 418 g/mol. The number of amides is 1. The van der Waals surface area contributed by atoms with Crippen LogP contribution in [0.4, 0.5) is 5.69 Å². The van der Waals surface area contributed by atoms with E-state index in [1.165, 1.54) is 0 Å². The number of fused-ring (bicyclic) bond motifs is 3. The number of nitrogens with one attached hydrogen (secondary N) is 1. The summed E-state index contributed by atoms with van der Waals surface area (Å²) in [4.78, 5) is 25.7. The Kier molecular flexibility index (Phi) is 5.32. The van der Waals surface area contributed by atoms with Gasteiger partial charge in [-0.15, -0.1) is 10.2 Å². The van der Waals surface area contributed by atoms with E-state index in [0.717, 1.165) is 0 Å². The van der Waals surface area contributed by atoms with Crippen LogP contribution < -0.4 is 15.6 Å². The summed E-state index contributed by atoms with van der Waals surface area (Å²) in [6.07, 6.45) is 0. The number of aromatic nitrogens is 4. The molecule has 5 rings (SSSR count). The lowest BCUT2D eigenvalue weighted by molar-refractivity contribution is 0.102. The van der Waals surface area contributed by atoms with Crippen molar-refractivity contribution >= 4 is 28.3 Å². The maximum absolute atomic E-state index is 12.8. The highest BCUT2D eigenvalue weighted by atomic mass is 16.5. The predicted molar refractivity (Wildman–Crippen MR) is 126 cm³/mol. The van der Waals surface area contributed by atoms with Crippen LogP contribution in [0.1, 0.15) is 23.1 Å². The molecule has 0 saturated heterocycles. The second-order valence-electron chi connectivity index (χ2n) is 7.42. The number of benzene rings is 3. The van der Waals surface area contributed by atoms with Gasteiger partial charge >= 0.3 is 0 Å². The van der Waals surface area contributed by atoms with Crippen LogP contribution >= 0.6 is 0 Å². The fourth-order valence-corrected chi connectivity index (χ4v) is 3.84. The van der Waals surface area contributed by atoms with Crippen molar-refractivity contribution < 1.29 is 9.53 Å². The summed E-state index contributed by atoms with van der Waals surface area (Å²) in [5, 5.41) is 12.0. The van der Waals surface area contributed by atoms with Gasteiger partial charge < -0.3 is 10.1 Å². The van der Waals surface area contributed by atoms with Crippen molar-refractivity contribution in [2.45, 2.75) is 20.1 Å². The van der Waals surface area contributed by atoms with Crippen molar-refractivity contribution in [2.75, 3.05) is 5.32 Å². The van der Waals surface area contributed by atoms with Crippen LogP contribution in [0.2, 0.25) is 0 Å². The smallest absolute Gasteiger partial charge is 0.262 e. The van der Waals surface area contributed by atoms with Gasteiger partial charge in [-0.25, -0.2) is 0 Å². The lowest BCUT2D eigenvalue weighted by atomic mass is 10.2. The molecule has 0 radical (unpaired) electrons. The second-order valence-corrected chi connectivity index (χ2v) is 7.42. The minimum atomic E-state index is -0.270. The van der Waals surface area contributed by atoms with E-state index >= 15 is 0 Å². The fraction of sp³-hybridized carbons (Fsp3) is 0.120. The average Bonchev–Trinajstić information content (AvgIpc) is 3.28. The lowest BCUT2D eigenvalue weighted by Gasteiger charge is -2.12. The molecule has 2 heterocycles. The Morgan fingerprint density at radius 3 is 2.48 bits per heavy atom. The summed E-state index contributed by atoms with van der Waals surface area (Å²) in [7, 11) is 0. The first-order valence-electron chi connectivity index (χ1n) is 10.6. The summed E-state index contributed by atoms with van der Waals surface area (Å²) in [5.41, 5.74) is 1.71. The number of carbonyl (C=O) groups excluding carboxylic acids is 1. The Balaban J connectivity index is 1.49. The van der Waals surface area contributed by atoms with Gasteiger partial charge in [0.25, 0.3) is 11.5 Å². The van der Waals surface area contributed by atoms with E-state index in [0.29, 0.717) is 46.1 Å². The van der Waals surface area contributed by atoms with E-state index in [4.69, 9.17) is 4.74 Å². The first kappa shape index (κ1) is 20.4. The van der Waals surface area contributed by atoms with Gasteiger partial charge in [0.15, 0.2) is 5.82 Å². The van der Waals surface area contributed by atoms with Crippen LogP contribution in [-0.4, -0.2) is 25.1 Å². The molecule has 0 saturated carbocycles. The Hall–Kier alpha value is -4.46. The van der Waals surface area contributed by atoms with Crippen LogP contribution in [0, 0.1) is 0 Å². The SMILES string of the molecule is CCn1c(=O)c2ccccc2n2c(COc3ccccc3C(=O)Nc3ccccc3)nnc12. The van der Waals surface area contributed by atoms with E-state index in [-0.39, 0.29) is 18.1 Å². The maximum Gasteiger partial charge on any atom is 0.262 e. The molecular formula is C25H21N5O3. The van der Waals surface area contributed by atoms with E-state index in [1.807, 2.05) is 59.9 Å². The Morgan fingerprint density at radius 2 is 1.67 bits per heavy atom. The van der Waals surface area contributed by atoms with E-state index in [1.54, 1.807) is 34.9 Å². The first-order valence-corrected chi connectivity index (χ1v) is 10.6. The minimum Gasteiger partial charge on any atom is -0.485 e. The number of hydrogen-bond acceptors (Lipinski definition) is 5. The molecule has 8 nitrogen and oxygen atoms in total. The molecule has 0 aliphatic carbocycles. The van der Waals surface area contributed by atoms with Crippen molar-refractivity contribution in [3.8, 4) is 5.75 Å². The van der Waals surface area contributed by atoms with Crippen LogP contribution in [-0.2, 0) is 13.2 Å². The molecule has 164 valence electrons. The molecule has 0 bridgehead atoms. The van der Waals surface area contributed by atoms with Gasteiger partial charge in [-0.05, 0) is 43.3 Å². The zero-order valence-electron chi connectivity index (χ0n) is 17.9. The third-order valence-corrected chi connectivity index (χ3v) is 5.41. The van der Waals surface area contributed by atoms with Gasteiger partial charge in [-0.3, -0.25) is 18.6 Å². The molecule has 1 amide bonds. The fourth-order valence-electron chi connectivity index (χ4n) is 3.84. The number of anilines is 1. The zero-order chi connectivity index (χ0) is 22.8. The molecule has 0 aliphatic rings. The maximum atomic E-state index is 12.8. The summed E-state index contributed by atoms with van der Waals surface area (Å²) >= 11 is 0. The molecule has 0 atom stereocenters. The summed E-state index contributed by atoms with van der Waals surface area (Å²) < 4.78 is 9.44. The standard InChI is InChI=1S/C25H21N5O3/c1-2-29-24(32)18-12-6-8-14-20(18)30-22(27-28-25(29)30)16-33-21-15-9-7-13-19(21)23(31)26-17-10-4-3-5-11-17/h3-15H,2,16H2,1H3,(H,26,31). The largest absolute Gasteiger partial charge is 0.485 e. The van der Waals surface area contributed by atoms with Crippen molar-refractivity contribution in [2.24, 2.45) is 0 Å². The third-order valence-electron chi connectivity index (χ3n) is 5.41. The Labute approximate surface area is 189 Å². The van der Waals surface area contributed by atoms with Gasteiger partial charge in [0, 0.05) is 12.2 Å². The zero-order valence-corrected chi connectivity index (χ0v) is 17.9. The van der Waals surface area contributed by atoms with Crippen molar-refractivity contribution in [1.29, 1.82) is 0 Å². The van der Waals surface area contributed by atoms with Crippen molar-refractivity contribution in [3.63, 3.8) is 0 Å². The van der Waals surface area contributed by atoms with Crippen LogP contribution in [0.3, 0.4) is 0 Å². The molecule has 0 aliphatic heterocycles. The molecule has 3 aromatic carbocycles. The second kappa shape index (κ2) is 8.58. The topological polar surface area (TPSA) is 90.5 Å². The first-order chi connectivity index (χ1) is 16.2. The van der Waals surface area contributed by atoms with Gasteiger partial charge in [-0.2, -0.15) is 0 Å². The number of para-hydroxylation sites is 3. The number of ether oxygens (including phenoxy) is 1.